The van der Waals surface area contributed by atoms with Crippen molar-refractivity contribution in [2.75, 3.05) is 0 Å². The molecule has 0 radical (unpaired) electrons. The number of carboxylic acids is 3. The fourth-order valence-corrected chi connectivity index (χ4v) is 1.13. The van der Waals surface area contributed by atoms with Crippen LogP contribution in [0.15, 0.2) is 0 Å². The summed E-state index contributed by atoms with van der Waals surface area (Å²) in [6.45, 7) is 0. The van der Waals surface area contributed by atoms with E-state index in [2.05, 4.69) is 13.6 Å². The first-order valence-corrected chi connectivity index (χ1v) is 4.90. The summed E-state index contributed by atoms with van der Waals surface area (Å²) >= 11 is 0. The summed E-state index contributed by atoms with van der Waals surface area (Å²) in [5.74, 6) is -12.7. The Morgan fingerprint density at radius 1 is 0.579 bits per heavy atom. The molecule has 13 heteroatoms. The van der Waals surface area contributed by atoms with E-state index >= 15 is 0 Å². The standard InChI is InChI=1S/C6H3O12P/c7-1(8)4(13)16-19(17-5(14)2(9)10)18-6(15)3(11)12/h(H,7,8)(H,9,10)(H,11,12). The molecule has 0 rings (SSSR count). The molecule has 104 valence electrons. The number of hydrogen-bond acceptors (Lipinski definition) is 9. The molecule has 0 atom stereocenters. The Morgan fingerprint density at radius 2 is 0.789 bits per heavy atom. The van der Waals surface area contributed by atoms with Crippen LogP contribution in [-0.2, 0) is 42.3 Å². The lowest BCUT2D eigenvalue weighted by atomic mass is 10.7. The maximum Gasteiger partial charge on any atom is 0.538 e. The third-order valence-electron chi connectivity index (χ3n) is 0.996. The van der Waals surface area contributed by atoms with Crippen LogP contribution in [0.1, 0.15) is 0 Å². The van der Waals surface area contributed by atoms with Gasteiger partial charge in [-0.25, -0.2) is 28.8 Å². The minimum Gasteiger partial charge on any atom is -0.473 e. The smallest absolute Gasteiger partial charge is 0.473 e. The van der Waals surface area contributed by atoms with Gasteiger partial charge < -0.3 is 28.9 Å². The van der Waals surface area contributed by atoms with E-state index in [0.717, 1.165) is 0 Å². The Hall–Kier alpha value is -2.75. The summed E-state index contributed by atoms with van der Waals surface area (Å²) in [6, 6.07) is 0. The summed E-state index contributed by atoms with van der Waals surface area (Å²) < 4.78 is 11.3. The Morgan fingerprint density at radius 3 is 0.947 bits per heavy atom. The van der Waals surface area contributed by atoms with Gasteiger partial charge in [-0.2, -0.15) is 0 Å². The number of carbonyl (C=O) groups is 6. The normalized spacial score (nSPS) is 9.32. The number of aliphatic carboxylic acids is 3. The van der Waals surface area contributed by atoms with Gasteiger partial charge in [0.1, 0.15) is 0 Å². The molecular formula is C6H3O12P. The summed E-state index contributed by atoms with van der Waals surface area (Å²) in [5, 5.41) is 24.4. The highest BCUT2D eigenvalue weighted by molar-refractivity contribution is 7.44. The maximum atomic E-state index is 10.6. The molecule has 0 aromatic carbocycles. The van der Waals surface area contributed by atoms with Crippen molar-refractivity contribution < 1.29 is 57.7 Å². The van der Waals surface area contributed by atoms with Gasteiger partial charge in [0, 0.05) is 0 Å². The Bertz CT molecular complexity index is 385. The molecule has 0 spiro atoms. The fraction of sp³-hybridized carbons (Fsp3) is 0. The van der Waals surface area contributed by atoms with Crippen LogP contribution in [0.2, 0.25) is 0 Å². The quantitative estimate of drug-likeness (QED) is 0.387. The SMILES string of the molecule is O=C(O)C(=O)OP(OC(=O)C(=O)O)OC(=O)C(=O)O. The Balaban J connectivity index is 4.82. The molecule has 19 heavy (non-hydrogen) atoms. The van der Waals surface area contributed by atoms with Crippen LogP contribution in [0.25, 0.3) is 0 Å². The van der Waals surface area contributed by atoms with Gasteiger partial charge in [0.2, 0.25) is 0 Å². The van der Waals surface area contributed by atoms with Crippen LogP contribution in [-0.4, -0.2) is 51.1 Å². The second kappa shape index (κ2) is 6.86. The average molecular weight is 298 g/mol. The Kier molecular flexibility index (Phi) is 5.87. The zero-order valence-electron chi connectivity index (χ0n) is 8.46. The number of rotatable bonds is 3. The number of carboxylic acid groups (broad SMARTS) is 3. The van der Waals surface area contributed by atoms with Gasteiger partial charge in [-0.3, -0.25) is 0 Å². The second-order valence-corrected chi connectivity index (χ2v) is 3.27. The van der Waals surface area contributed by atoms with Crippen LogP contribution in [0.4, 0.5) is 0 Å². The van der Waals surface area contributed by atoms with Crippen molar-refractivity contribution in [2.45, 2.75) is 0 Å². The van der Waals surface area contributed by atoms with E-state index in [1.54, 1.807) is 0 Å². The van der Waals surface area contributed by atoms with Gasteiger partial charge in [0.15, 0.2) is 0 Å². The van der Waals surface area contributed by atoms with Crippen molar-refractivity contribution in [3.63, 3.8) is 0 Å². The molecule has 0 aromatic heterocycles. The van der Waals surface area contributed by atoms with Crippen LogP contribution < -0.4 is 0 Å². The van der Waals surface area contributed by atoms with E-state index in [1.165, 1.54) is 0 Å². The Labute approximate surface area is 103 Å². The van der Waals surface area contributed by atoms with E-state index in [-0.39, 0.29) is 0 Å². The highest BCUT2D eigenvalue weighted by Crippen LogP contribution is 2.40. The molecule has 0 bridgehead atoms. The molecule has 0 saturated carbocycles. The van der Waals surface area contributed by atoms with Gasteiger partial charge in [0.25, 0.3) is 0 Å². The predicted octanol–water partition coefficient (Wildman–Crippen LogP) is -1.90. The number of carbonyl (C=O) groups excluding carboxylic acids is 3. The number of hydrogen-bond donors (Lipinski definition) is 3. The first kappa shape index (κ1) is 16.2. The van der Waals surface area contributed by atoms with Crippen LogP contribution in [0, 0.1) is 0 Å². The van der Waals surface area contributed by atoms with Gasteiger partial charge in [-0.1, -0.05) is 0 Å². The van der Waals surface area contributed by atoms with Gasteiger partial charge in [-0.15, -0.1) is 0 Å². The largest absolute Gasteiger partial charge is 0.538 e. The third-order valence-corrected chi connectivity index (χ3v) is 1.94. The summed E-state index contributed by atoms with van der Waals surface area (Å²) in [5.41, 5.74) is 0. The van der Waals surface area contributed by atoms with Gasteiger partial charge in [0.05, 0.1) is 0 Å². The summed E-state index contributed by atoms with van der Waals surface area (Å²) in [6.07, 6.45) is 0. The first-order chi connectivity index (χ1) is 8.65. The van der Waals surface area contributed by atoms with Gasteiger partial charge in [-0.05, 0) is 0 Å². The van der Waals surface area contributed by atoms with Crippen molar-refractivity contribution >= 4 is 44.4 Å². The second-order valence-electron chi connectivity index (χ2n) is 2.28. The minimum absolute atomic E-state index is 2.05. The van der Waals surface area contributed by atoms with Crippen molar-refractivity contribution in [3.05, 3.63) is 0 Å². The van der Waals surface area contributed by atoms with E-state index in [9.17, 15) is 28.8 Å². The van der Waals surface area contributed by atoms with Crippen LogP contribution in [0.5, 0.6) is 0 Å². The molecule has 0 amide bonds. The van der Waals surface area contributed by atoms with E-state index in [4.69, 9.17) is 15.3 Å². The lowest BCUT2D eigenvalue weighted by Crippen LogP contribution is -2.22. The monoisotopic (exact) mass is 298 g/mol. The van der Waals surface area contributed by atoms with E-state index < -0.39 is 44.4 Å². The van der Waals surface area contributed by atoms with Crippen molar-refractivity contribution in [1.82, 2.24) is 0 Å². The van der Waals surface area contributed by atoms with Crippen molar-refractivity contribution in [1.29, 1.82) is 0 Å². The lowest BCUT2D eigenvalue weighted by molar-refractivity contribution is -0.164. The highest BCUT2D eigenvalue weighted by atomic mass is 31.2. The van der Waals surface area contributed by atoms with E-state index in [0.29, 0.717) is 0 Å². The third kappa shape index (κ3) is 5.93. The molecule has 0 heterocycles. The topological polar surface area (TPSA) is 191 Å². The first-order valence-electron chi connectivity index (χ1n) is 3.81. The van der Waals surface area contributed by atoms with Crippen molar-refractivity contribution in [2.24, 2.45) is 0 Å². The minimum atomic E-state index is -3.47. The van der Waals surface area contributed by atoms with Crippen LogP contribution in [0.3, 0.4) is 0 Å². The molecule has 0 fully saturated rings. The fourth-order valence-electron chi connectivity index (χ4n) is 0.376. The molecular weight excluding hydrogens is 295 g/mol. The molecule has 0 aliphatic rings. The van der Waals surface area contributed by atoms with E-state index in [1.807, 2.05) is 0 Å². The lowest BCUT2D eigenvalue weighted by Gasteiger charge is -2.10. The zero-order valence-corrected chi connectivity index (χ0v) is 9.36. The molecule has 0 aliphatic carbocycles. The molecule has 12 nitrogen and oxygen atoms in total. The summed E-state index contributed by atoms with van der Waals surface area (Å²) in [4.78, 5) is 62.0. The molecule has 3 N–H and O–H groups in total. The molecule has 0 aromatic rings. The maximum absolute atomic E-state index is 10.6. The highest BCUT2D eigenvalue weighted by Gasteiger charge is 2.34. The molecule has 0 unspecified atom stereocenters. The van der Waals surface area contributed by atoms with Gasteiger partial charge >= 0.3 is 44.4 Å². The molecule has 0 aliphatic heterocycles. The zero-order chi connectivity index (χ0) is 15.2. The average Bonchev–Trinajstić information content (AvgIpc) is 2.27. The summed E-state index contributed by atoms with van der Waals surface area (Å²) in [7, 11) is -3.47. The predicted molar refractivity (Wildman–Crippen MR) is 48.1 cm³/mol. The van der Waals surface area contributed by atoms with Crippen LogP contribution >= 0.6 is 8.60 Å². The molecule has 0 saturated heterocycles. The van der Waals surface area contributed by atoms with Crippen molar-refractivity contribution in [3.8, 4) is 0 Å².